The first-order valence-electron chi connectivity index (χ1n) is 4.55. The van der Waals surface area contributed by atoms with E-state index in [0.717, 1.165) is 0 Å². The van der Waals surface area contributed by atoms with Crippen LogP contribution in [-0.4, -0.2) is 19.7 Å². The number of carbonyl (C=O) groups is 1. The van der Waals surface area contributed by atoms with Gasteiger partial charge in [0.05, 0.1) is 12.8 Å². The molecule has 1 aromatic carbocycles. The van der Waals surface area contributed by atoms with E-state index in [-0.39, 0.29) is 5.69 Å². The summed E-state index contributed by atoms with van der Waals surface area (Å²) in [7, 11) is 1.48. The summed E-state index contributed by atoms with van der Waals surface area (Å²) in [4.78, 5) is 11.1. The molecule has 0 aromatic heterocycles. The van der Waals surface area contributed by atoms with Gasteiger partial charge in [0.25, 0.3) is 0 Å². The number of benzene rings is 1. The van der Waals surface area contributed by atoms with E-state index in [1.54, 1.807) is 6.92 Å². The lowest BCUT2D eigenvalue weighted by Crippen LogP contribution is -2.28. The normalized spacial score (nSPS) is 9.53. The SMILES string of the molecule is CCNC(=O)Nc1cc(OC)ccc1F. The van der Waals surface area contributed by atoms with E-state index in [4.69, 9.17) is 4.74 Å². The standard InChI is InChI=1S/C10H13FN2O2/c1-3-12-10(14)13-9-6-7(15-2)4-5-8(9)11/h4-6H,3H2,1-2H3,(H2,12,13,14). The highest BCUT2D eigenvalue weighted by molar-refractivity contribution is 5.89. The number of rotatable bonds is 3. The summed E-state index contributed by atoms with van der Waals surface area (Å²) in [5.41, 5.74) is 0.0975. The molecule has 15 heavy (non-hydrogen) atoms. The van der Waals surface area contributed by atoms with Crippen LogP contribution in [0, 0.1) is 5.82 Å². The molecule has 0 saturated heterocycles. The molecule has 0 fully saturated rings. The van der Waals surface area contributed by atoms with E-state index in [2.05, 4.69) is 10.6 Å². The number of urea groups is 1. The number of carbonyl (C=O) groups excluding carboxylic acids is 1. The molecule has 0 bridgehead atoms. The Balaban J connectivity index is 2.79. The van der Waals surface area contributed by atoms with E-state index in [1.807, 2.05) is 0 Å². The summed E-state index contributed by atoms with van der Waals surface area (Å²) in [6.45, 7) is 2.26. The van der Waals surface area contributed by atoms with Gasteiger partial charge in [-0.1, -0.05) is 0 Å². The quantitative estimate of drug-likeness (QED) is 0.804. The van der Waals surface area contributed by atoms with E-state index in [9.17, 15) is 9.18 Å². The third-order valence-corrected chi connectivity index (χ3v) is 1.76. The highest BCUT2D eigenvalue weighted by Crippen LogP contribution is 2.20. The molecule has 0 aliphatic carbocycles. The van der Waals surface area contributed by atoms with Gasteiger partial charge in [-0.2, -0.15) is 0 Å². The molecule has 0 spiro atoms. The first-order valence-corrected chi connectivity index (χ1v) is 4.55. The zero-order chi connectivity index (χ0) is 11.3. The van der Waals surface area contributed by atoms with Gasteiger partial charge in [0.15, 0.2) is 0 Å². The minimum absolute atomic E-state index is 0.0975. The van der Waals surface area contributed by atoms with Crippen molar-refractivity contribution in [1.82, 2.24) is 5.32 Å². The molecule has 5 heteroatoms. The first-order chi connectivity index (χ1) is 7.17. The molecule has 1 rings (SSSR count). The molecule has 4 nitrogen and oxygen atoms in total. The first kappa shape index (κ1) is 11.3. The molecular formula is C10H13FN2O2. The summed E-state index contributed by atoms with van der Waals surface area (Å²) in [6, 6.07) is 3.70. The summed E-state index contributed by atoms with van der Waals surface area (Å²) in [5.74, 6) is -0.00903. The van der Waals surface area contributed by atoms with Crippen molar-refractivity contribution < 1.29 is 13.9 Å². The minimum Gasteiger partial charge on any atom is -0.497 e. The summed E-state index contributed by atoms with van der Waals surface area (Å²) in [6.07, 6.45) is 0. The fourth-order valence-corrected chi connectivity index (χ4v) is 1.05. The van der Waals surface area contributed by atoms with Gasteiger partial charge in [0.2, 0.25) is 0 Å². The van der Waals surface area contributed by atoms with Crippen LogP contribution in [0.1, 0.15) is 6.92 Å². The summed E-state index contributed by atoms with van der Waals surface area (Å²) < 4.78 is 18.1. The van der Waals surface area contributed by atoms with Crippen LogP contribution >= 0.6 is 0 Å². The molecular weight excluding hydrogens is 199 g/mol. The average Bonchev–Trinajstić information content (AvgIpc) is 2.21. The van der Waals surface area contributed by atoms with Crippen molar-refractivity contribution in [2.24, 2.45) is 0 Å². The number of hydrogen-bond donors (Lipinski definition) is 2. The van der Waals surface area contributed by atoms with Crippen LogP contribution in [0.2, 0.25) is 0 Å². The predicted molar refractivity (Wildman–Crippen MR) is 55.6 cm³/mol. The second-order valence-electron chi connectivity index (χ2n) is 2.83. The van der Waals surface area contributed by atoms with Crippen LogP contribution in [-0.2, 0) is 0 Å². The maximum absolute atomic E-state index is 13.2. The Morgan fingerprint density at radius 1 is 1.53 bits per heavy atom. The molecule has 0 heterocycles. The highest BCUT2D eigenvalue weighted by Gasteiger charge is 2.06. The van der Waals surface area contributed by atoms with Crippen LogP contribution in [0.3, 0.4) is 0 Å². The maximum Gasteiger partial charge on any atom is 0.319 e. The molecule has 1 aromatic rings. The van der Waals surface area contributed by atoms with Crippen molar-refractivity contribution >= 4 is 11.7 Å². The molecule has 0 aliphatic heterocycles. The average molecular weight is 212 g/mol. The monoisotopic (exact) mass is 212 g/mol. The Hall–Kier alpha value is -1.78. The zero-order valence-electron chi connectivity index (χ0n) is 8.63. The lowest BCUT2D eigenvalue weighted by molar-refractivity contribution is 0.252. The third kappa shape index (κ3) is 3.12. The second-order valence-corrected chi connectivity index (χ2v) is 2.83. The van der Waals surface area contributed by atoms with Gasteiger partial charge in [-0.15, -0.1) is 0 Å². The zero-order valence-corrected chi connectivity index (χ0v) is 8.63. The fraction of sp³-hybridized carbons (Fsp3) is 0.300. The lowest BCUT2D eigenvalue weighted by atomic mass is 10.3. The van der Waals surface area contributed by atoms with Crippen molar-refractivity contribution in [3.8, 4) is 5.75 Å². The van der Waals surface area contributed by atoms with E-state index < -0.39 is 11.8 Å². The molecule has 0 unspecified atom stereocenters. The van der Waals surface area contributed by atoms with E-state index in [0.29, 0.717) is 12.3 Å². The van der Waals surface area contributed by atoms with Crippen LogP contribution in [0.15, 0.2) is 18.2 Å². The molecule has 2 amide bonds. The van der Waals surface area contributed by atoms with Gasteiger partial charge in [-0.05, 0) is 19.1 Å². The van der Waals surface area contributed by atoms with Gasteiger partial charge in [-0.25, -0.2) is 9.18 Å². The van der Waals surface area contributed by atoms with Crippen LogP contribution in [0.25, 0.3) is 0 Å². The number of amides is 2. The molecule has 2 N–H and O–H groups in total. The van der Waals surface area contributed by atoms with Crippen molar-refractivity contribution in [3.05, 3.63) is 24.0 Å². The van der Waals surface area contributed by atoms with Gasteiger partial charge in [-0.3, -0.25) is 0 Å². The number of anilines is 1. The highest BCUT2D eigenvalue weighted by atomic mass is 19.1. The van der Waals surface area contributed by atoms with Crippen LogP contribution < -0.4 is 15.4 Å². The minimum atomic E-state index is -0.498. The number of ether oxygens (including phenoxy) is 1. The third-order valence-electron chi connectivity index (χ3n) is 1.76. The number of hydrogen-bond acceptors (Lipinski definition) is 2. The number of halogens is 1. The Morgan fingerprint density at radius 2 is 2.27 bits per heavy atom. The maximum atomic E-state index is 13.2. The Labute approximate surface area is 87.4 Å². The van der Waals surface area contributed by atoms with Crippen LogP contribution in [0.4, 0.5) is 14.9 Å². The molecule has 0 saturated carbocycles. The Kier molecular flexibility index (Phi) is 3.91. The van der Waals surface area contributed by atoms with Gasteiger partial charge in [0, 0.05) is 12.6 Å². The van der Waals surface area contributed by atoms with Crippen molar-refractivity contribution in [2.75, 3.05) is 19.0 Å². The van der Waals surface area contributed by atoms with Gasteiger partial charge in [0.1, 0.15) is 11.6 Å². The van der Waals surface area contributed by atoms with Crippen molar-refractivity contribution in [2.45, 2.75) is 6.92 Å². The summed E-state index contributed by atoms with van der Waals surface area (Å²) >= 11 is 0. The topological polar surface area (TPSA) is 50.4 Å². The van der Waals surface area contributed by atoms with Crippen molar-refractivity contribution in [1.29, 1.82) is 0 Å². The van der Waals surface area contributed by atoms with E-state index >= 15 is 0 Å². The molecule has 0 radical (unpaired) electrons. The predicted octanol–water partition coefficient (Wildman–Crippen LogP) is 1.98. The van der Waals surface area contributed by atoms with Gasteiger partial charge < -0.3 is 15.4 Å². The van der Waals surface area contributed by atoms with Crippen molar-refractivity contribution in [3.63, 3.8) is 0 Å². The van der Waals surface area contributed by atoms with E-state index in [1.165, 1.54) is 25.3 Å². The molecule has 0 atom stereocenters. The molecule has 82 valence electrons. The smallest absolute Gasteiger partial charge is 0.319 e. The number of methoxy groups -OCH3 is 1. The fourth-order valence-electron chi connectivity index (χ4n) is 1.05. The van der Waals surface area contributed by atoms with Gasteiger partial charge >= 0.3 is 6.03 Å². The number of nitrogens with one attached hydrogen (secondary N) is 2. The lowest BCUT2D eigenvalue weighted by Gasteiger charge is -2.08. The Morgan fingerprint density at radius 3 is 2.87 bits per heavy atom. The molecule has 0 aliphatic rings. The Bertz CT molecular complexity index is 355. The largest absolute Gasteiger partial charge is 0.497 e. The summed E-state index contributed by atoms with van der Waals surface area (Å²) in [5, 5.41) is 4.88. The van der Waals surface area contributed by atoms with Crippen LogP contribution in [0.5, 0.6) is 5.75 Å². The second kappa shape index (κ2) is 5.19.